The fourth-order valence-electron chi connectivity index (χ4n) is 20.4. The summed E-state index contributed by atoms with van der Waals surface area (Å²) in [6.45, 7) is 44.4. The van der Waals surface area contributed by atoms with Crippen molar-refractivity contribution in [2.24, 2.45) is 0 Å². The first-order chi connectivity index (χ1) is 59.4. The van der Waals surface area contributed by atoms with Crippen molar-refractivity contribution >= 4 is 90.8 Å². The monoisotopic (exact) mass is 1880 g/mol. The fourth-order valence-corrected chi connectivity index (χ4v) is 53.6. The van der Waals surface area contributed by atoms with Gasteiger partial charge in [-0.3, -0.25) is 0 Å². The van der Waals surface area contributed by atoms with Crippen LogP contribution in [0.3, 0.4) is 0 Å². The van der Waals surface area contributed by atoms with Gasteiger partial charge in [-0.05, 0) is 342 Å². The molecule has 16 atom stereocenters. The van der Waals surface area contributed by atoms with Gasteiger partial charge >= 0.3 is 24.2 Å². The number of carbonyl (C=O) groups is 4. The molecule has 0 spiro atoms. The Morgan fingerprint density at radius 1 is 0.304 bits per heavy atom. The molecule has 11 rings (SSSR count). The first-order valence-electron chi connectivity index (χ1n) is 48.9. The average Bonchev–Trinajstić information content (AvgIpc) is 0.797. The van der Waals surface area contributed by atoms with Crippen LogP contribution in [0.5, 0.6) is 11.5 Å². The van der Waals surface area contributed by atoms with Crippen LogP contribution in [0.15, 0.2) is 72.8 Å². The number of esters is 2. The third-order valence-corrected chi connectivity index (χ3v) is 60.6. The molecule has 3 aromatic carbocycles. The maximum absolute atomic E-state index is 12.5. The number of benzene rings is 3. The van der Waals surface area contributed by atoms with Gasteiger partial charge < -0.3 is 78.0 Å². The Kier molecular flexibility index (Phi) is 44.7. The minimum Gasteiger partial charge on any atom is -0.494 e. The number of ether oxygens (including phenoxy) is 9. The Bertz CT molecular complexity index is 3430. The van der Waals surface area contributed by atoms with Crippen molar-refractivity contribution in [2.75, 3.05) is 66.1 Å². The van der Waals surface area contributed by atoms with Gasteiger partial charge in [0.15, 0.2) is 66.5 Å². The van der Waals surface area contributed by atoms with Crippen LogP contribution in [0.4, 0.5) is 9.59 Å². The molecule has 0 amide bonds. The molecule has 8 heterocycles. The second-order valence-corrected chi connectivity index (χ2v) is 74.2. The third kappa shape index (κ3) is 39.4. The molecule has 125 heavy (non-hydrogen) atoms. The van der Waals surface area contributed by atoms with Crippen molar-refractivity contribution in [3.8, 4) is 11.5 Å². The highest BCUT2D eigenvalue weighted by molar-refractivity contribution is 6.91. The maximum atomic E-state index is 12.5. The Labute approximate surface area is 763 Å². The van der Waals surface area contributed by atoms with E-state index in [1.165, 1.54) is 154 Å². The normalized spacial score (nSPS) is 31.2. The van der Waals surface area contributed by atoms with Crippen molar-refractivity contribution in [3.63, 3.8) is 0 Å². The maximum Gasteiger partial charge on any atom is 0.508 e. The van der Waals surface area contributed by atoms with Gasteiger partial charge in [0, 0.05) is 54.2 Å². The minimum atomic E-state index is -1.67. The minimum absolute atomic E-state index is 0.0831. The summed E-state index contributed by atoms with van der Waals surface area (Å²) < 4.78 is 98.9. The number of carbonyl (C=O) groups excluding carboxylic acids is 4. The van der Waals surface area contributed by atoms with Crippen LogP contribution < -0.4 is 9.47 Å². The molecule has 0 aromatic heterocycles. The van der Waals surface area contributed by atoms with Crippen LogP contribution in [0.2, 0.25) is 143 Å². The molecule has 0 radical (unpaired) electrons. The van der Waals surface area contributed by atoms with Gasteiger partial charge in [-0.2, -0.15) is 0 Å². The predicted octanol–water partition coefficient (Wildman–Crippen LogP) is 25.1. The van der Waals surface area contributed by atoms with E-state index in [4.69, 9.17) is 78.0 Å². The number of hydrogen-bond acceptors (Lipinski definition) is 21. The summed E-state index contributed by atoms with van der Waals surface area (Å²) in [7, 11) is -12.6. The van der Waals surface area contributed by atoms with Crippen LogP contribution in [0.25, 0.3) is 0 Å². The quantitative estimate of drug-likeness (QED) is 0.0225. The van der Waals surface area contributed by atoms with Gasteiger partial charge in [-0.15, -0.1) is 0 Å². The zero-order valence-corrected chi connectivity index (χ0v) is 88.9. The molecule has 16 unspecified atom stereocenters. The molecule has 710 valence electrons. The van der Waals surface area contributed by atoms with Crippen molar-refractivity contribution in [1.82, 2.24) is 0 Å². The van der Waals surface area contributed by atoms with E-state index in [9.17, 15) is 19.2 Å². The topological polar surface area (TPSA) is 225 Å². The van der Waals surface area contributed by atoms with Gasteiger partial charge in [0.1, 0.15) is 24.7 Å². The van der Waals surface area contributed by atoms with Crippen LogP contribution in [0, 0.1) is 0 Å². The van der Waals surface area contributed by atoms with Gasteiger partial charge in [-0.25, -0.2) is 19.2 Å². The highest BCUT2D eigenvalue weighted by Gasteiger charge is 2.46. The molecule has 0 aliphatic carbocycles. The van der Waals surface area contributed by atoms with Gasteiger partial charge in [-0.1, -0.05) is 95.5 Å². The van der Waals surface area contributed by atoms with Crippen molar-refractivity contribution in [3.05, 3.63) is 95.1 Å². The fraction of sp³-hybridized carbons (Fsp3) is 0.771. The van der Waals surface area contributed by atoms with E-state index < -0.39 is 90.8 Å². The summed E-state index contributed by atoms with van der Waals surface area (Å²) in [5.74, 6) is 1.10. The summed E-state index contributed by atoms with van der Waals surface area (Å²) in [5.41, 5.74) is 4.56. The lowest BCUT2D eigenvalue weighted by Crippen LogP contribution is -2.52. The summed E-state index contributed by atoms with van der Waals surface area (Å²) in [5, 5.41) is 0. The first-order valence-corrected chi connectivity index (χ1v) is 71.4. The molecule has 0 saturated carbocycles. The molecule has 3 aromatic rings. The van der Waals surface area contributed by atoms with Crippen LogP contribution in [0.1, 0.15) is 242 Å². The highest BCUT2D eigenvalue weighted by atomic mass is 28.4. The summed E-state index contributed by atoms with van der Waals surface area (Å²) in [6.07, 6.45) is 27.1. The molecule has 8 saturated heterocycles. The summed E-state index contributed by atoms with van der Waals surface area (Å²) in [6, 6.07) is 40.3. The van der Waals surface area contributed by atoms with E-state index in [0.717, 1.165) is 113 Å². The zero-order chi connectivity index (χ0) is 90.6. The van der Waals surface area contributed by atoms with Gasteiger partial charge in [0.2, 0.25) is 0 Å². The third-order valence-electron chi connectivity index (χ3n) is 27.1. The molecule has 0 N–H and O–H groups in total. The molecule has 8 aliphatic rings. The zero-order valence-electron chi connectivity index (χ0n) is 80.9. The van der Waals surface area contributed by atoms with Gasteiger partial charge in [0.05, 0.1) is 64.0 Å². The van der Waals surface area contributed by atoms with E-state index in [-0.39, 0.29) is 31.8 Å². The second-order valence-electron chi connectivity index (χ2n) is 40.7. The molecule has 0 bridgehead atoms. The summed E-state index contributed by atoms with van der Waals surface area (Å²) >= 11 is 0. The lowest BCUT2D eigenvalue weighted by Gasteiger charge is -2.43. The van der Waals surface area contributed by atoms with Gasteiger partial charge in [0.25, 0.3) is 0 Å². The Morgan fingerprint density at radius 3 is 0.800 bits per heavy atom. The molecule has 29 heteroatoms. The largest absolute Gasteiger partial charge is 0.508 e. The van der Waals surface area contributed by atoms with Crippen molar-refractivity contribution < 1.29 is 97.2 Å². The van der Waals surface area contributed by atoms with Crippen LogP contribution >= 0.6 is 0 Å². The Balaban J connectivity index is 0.000000213. The molecular weight excluding hydrogens is 1710 g/mol. The smallest absolute Gasteiger partial charge is 0.494 e. The molecule has 8 fully saturated rings. The van der Waals surface area contributed by atoms with E-state index in [2.05, 4.69) is 170 Å². The van der Waals surface area contributed by atoms with Crippen LogP contribution in [-0.4, -0.2) is 206 Å². The lowest BCUT2D eigenvalue weighted by molar-refractivity contribution is 0.00600. The van der Waals surface area contributed by atoms with E-state index >= 15 is 0 Å². The average molecular weight is 1880 g/mol. The summed E-state index contributed by atoms with van der Waals surface area (Å²) in [4.78, 5) is 48.3. The van der Waals surface area contributed by atoms with E-state index in [0.29, 0.717) is 86.4 Å². The van der Waals surface area contributed by atoms with Crippen molar-refractivity contribution in [1.29, 1.82) is 0 Å². The SMILES string of the molecule is CC1CCC[Si](C)(CCCOC(=O)OCCOCCOC(=O)OCCC[Si]2(C)CCCC(C)O2)O1.CC1CCC[Si](C)(CCCOC(=O)c2cccc(C(=O)OCCC[Si]3(C)CCCC(C)O3)c2)O1.CC1CCC[Si](C)(CCCOc2ccc(C(C)(C)c3ccc(OCCC[Si]4(C)CCCC(C)O4)cc3)cc2)O1.CC1CCC[Si](C)(C[Si]2(C)CCCC(C)O2)O1. The molecular formula is C96H168O21Si8. The first kappa shape index (κ1) is 106. The number of rotatable bonds is 38. The molecule has 21 nitrogen and oxygen atoms in total. The Morgan fingerprint density at radius 2 is 0.536 bits per heavy atom. The van der Waals surface area contributed by atoms with Crippen molar-refractivity contribution in [2.45, 2.75) is 407 Å². The lowest BCUT2D eigenvalue weighted by atomic mass is 9.78. The predicted molar refractivity (Wildman–Crippen MR) is 519 cm³/mol. The number of hydrogen-bond donors (Lipinski definition) is 0. The van der Waals surface area contributed by atoms with E-state index in [1.807, 2.05) is 0 Å². The second kappa shape index (κ2) is 52.5. The highest BCUT2D eigenvalue weighted by Crippen LogP contribution is 2.41. The molecule has 8 aliphatic heterocycles. The standard InChI is InChI=1S/C33H52O4Si2.C26H42O6Si2.C24H46O9Si2.C13H28O2Si2/c1-27-11-7-23-38(5,36-27)25-9-21-34-31-17-13-29(14-18-31)33(3,4)30-15-19-32(20-16-30)35-22-10-26-39(6)24-8-12-28(2)37-39;1-21-10-6-16-33(3,31-21)18-8-14-29-25(27)23-12-5-13-24(20-23)26(28)30-15-9-19-34(4)17-7-11-22(2)32-34;1-21-9-5-17-34(3,32-21)19-7-11-28-23(25)30-15-13-27-14-16-31-24(26)29-12-8-20-35(4)18-6-10-22(2)33-35;1-12-7-5-9-16(3,14-12)11-17(4)10-6-8-13(2)15-17/h13-20,27-28H,7-12,21-26H2,1-6H3;5,12-13,20-22H,6-11,14-19H2,1-4H3;21-22H,5-20H2,1-4H3;12-13H,5-11H2,1-4H3. The Hall–Kier alpha value is -3.88. The van der Waals surface area contributed by atoms with Crippen LogP contribution in [-0.2, 0) is 74.0 Å². The van der Waals surface area contributed by atoms with E-state index in [1.54, 1.807) is 24.3 Å².